The average Bonchev–Trinajstić information content (AvgIpc) is 3.15. The number of hydrogen-bond acceptors (Lipinski definition) is 7. The largest absolute Gasteiger partial charge is 0.482 e. The molecule has 0 atom stereocenters. The molecular formula is C18H14N2O6. The van der Waals surface area contributed by atoms with Crippen LogP contribution in [0.25, 0.3) is 11.3 Å². The highest BCUT2D eigenvalue weighted by molar-refractivity contribution is 5.71. The van der Waals surface area contributed by atoms with Crippen molar-refractivity contribution in [3.63, 3.8) is 0 Å². The fourth-order valence-electron chi connectivity index (χ4n) is 2.10. The van der Waals surface area contributed by atoms with Crippen LogP contribution in [0.15, 0.2) is 65.2 Å². The van der Waals surface area contributed by atoms with Crippen molar-refractivity contribution >= 4 is 11.7 Å². The van der Waals surface area contributed by atoms with Crippen LogP contribution in [-0.2, 0) is 16.1 Å². The molecule has 0 bridgehead atoms. The number of carbonyl (C=O) groups is 1. The number of rotatable bonds is 7. The van der Waals surface area contributed by atoms with Gasteiger partial charge in [-0.25, -0.2) is 9.78 Å². The van der Waals surface area contributed by atoms with Gasteiger partial charge >= 0.3 is 5.97 Å². The standard InChI is InChI=1S/C18H14N2O6/c21-18(12-24-15-8-6-14(7-9-15)20(22)23)25-11-17-19-10-16(26-17)13-4-2-1-3-5-13/h1-10H,11-12H2. The van der Waals surface area contributed by atoms with Crippen LogP contribution in [-0.4, -0.2) is 22.5 Å². The molecule has 132 valence electrons. The summed E-state index contributed by atoms with van der Waals surface area (Å²) in [6.45, 7) is -0.445. The molecule has 2 aromatic carbocycles. The van der Waals surface area contributed by atoms with E-state index < -0.39 is 10.9 Å². The Hall–Kier alpha value is -3.68. The highest BCUT2D eigenvalue weighted by Crippen LogP contribution is 2.20. The van der Waals surface area contributed by atoms with Gasteiger partial charge in [0.15, 0.2) is 19.0 Å². The summed E-state index contributed by atoms with van der Waals surface area (Å²) < 4.78 is 15.8. The molecular weight excluding hydrogens is 340 g/mol. The van der Waals surface area contributed by atoms with Gasteiger partial charge in [0, 0.05) is 17.7 Å². The van der Waals surface area contributed by atoms with Crippen molar-refractivity contribution in [2.45, 2.75) is 6.61 Å². The first-order valence-corrected chi connectivity index (χ1v) is 7.65. The maximum absolute atomic E-state index is 11.7. The third kappa shape index (κ3) is 4.44. The minimum Gasteiger partial charge on any atom is -0.482 e. The zero-order chi connectivity index (χ0) is 18.4. The van der Waals surface area contributed by atoms with Crippen LogP contribution in [0.3, 0.4) is 0 Å². The molecule has 0 aliphatic carbocycles. The second-order valence-corrected chi connectivity index (χ2v) is 5.18. The van der Waals surface area contributed by atoms with Gasteiger partial charge < -0.3 is 13.9 Å². The molecule has 0 aliphatic heterocycles. The predicted molar refractivity (Wildman–Crippen MR) is 90.3 cm³/mol. The molecule has 26 heavy (non-hydrogen) atoms. The summed E-state index contributed by atoms with van der Waals surface area (Å²) in [5.41, 5.74) is 0.817. The Morgan fingerprint density at radius 1 is 1.12 bits per heavy atom. The monoisotopic (exact) mass is 354 g/mol. The van der Waals surface area contributed by atoms with Crippen LogP contribution >= 0.6 is 0 Å². The minimum atomic E-state index is -0.609. The van der Waals surface area contributed by atoms with Crippen molar-refractivity contribution in [1.29, 1.82) is 0 Å². The van der Waals surface area contributed by atoms with Gasteiger partial charge in [-0.05, 0) is 12.1 Å². The van der Waals surface area contributed by atoms with Crippen molar-refractivity contribution in [2.24, 2.45) is 0 Å². The molecule has 0 radical (unpaired) electrons. The van der Waals surface area contributed by atoms with Gasteiger partial charge in [-0.1, -0.05) is 30.3 Å². The number of aromatic nitrogens is 1. The Labute approximate surface area is 148 Å². The van der Waals surface area contributed by atoms with Gasteiger partial charge in [-0.2, -0.15) is 0 Å². The van der Waals surface area contributed by atoms with Gasteiger partial charge in [0.05, 0.1) is 11.1 Å². The fraction of sp³-hybridized carbons (Fsp3) is 0.111. The van der Waals surface area contributed by atoms with Gasteiger partial charge in [-0.3, -0.25) is 10.1 Å². The van der Waals surface area contributed by atoms with Gasteiger partial charge in [0.1, 0.15) is 5.75 Å². The molecule has 0 saturated heterocycles. The van der Waals surface area contributed by atoms with E-state index in [4.69, 9.17) is 13.9 Å². The summed E-state index contributed by atoms with van der Waals surface area (Å²) in [6.07, 6.45) is 1.56. The summed E-state index contributed by atoms with van der Waals surface area (Å²) in [5, 5.41) is 10.6. The van der Waals surface area contributed by atoms with E-state index in [9.17, 15) is 14.9 Å². The van der Waals surface area contributed by atoms with Crippen LogP contribution in [0, 0.1) is 10.1 Å². The third-order valence-electron chi connectivity index (χ3n) is 3.37. The number of hydrogen-bond donors (Lipinski definition) is 0. The highest BCUT2D eigenvalue weighted by Gasteiger charge is 2.11. The lowest BCUT2D eigenvalue weighted by Gasteiger charge is -2.05. The molecule has 0 saturated carbocycles. The number of nitro benzene ring substituents is 1. The highest BCUT2D eigenvalue weighted by atomic mass is 16.6. The first-order chi connectivity index (χ1) is 12.6. The lowest BCUT2D eigenvalue weighted by atomic mass is 10.2. The van der Waals surface area contributed by atoms with Crippen molar-refractivity contribution in [3.05, 3.63) is 76.8 Å². The number of benzene rings is 2. The first-order valence-electron chi connectivity index (χ1n) is 7.65. The van der Waals surface area contributed by atoms with Crippen molar-refractivity contribution in [1.82, 2.24) is 4.98 Å². The summed E-state index contributed by atoms with van der Waals surface area (Å²) in [4.78, 5) is 25.8. The van der Waals surface area contributed by atoms with Crippen LogP contribution in [0.2, 0.25) is 0 Å². The summed E-state index contributed by atoms with van der Waals surface area (Å²) in [5.74, 6) is 0.573. The zero-order valence-electron chi connectivity index (χ0n) is 13.5. The number of nitrogens with zero attached hydrogens (tertiary/aromatic N) is 2. The first kappa shape index (κ1) is 17.2. The lowest BCUT2D eigenvalue weighted by molar-refractivity contribution is -0.384. The molecule has 0 N–H and O–H groups in total. The van der Waals surface area contributed by atoms with Gasteiger partial charge in [0.25, 0.3) is 5.69 Å². The Bertz CT molecular complexity index is 890. The van der Waals surface area contributed by atoms with E-state index in [1.54, 1.807) is 6.20 Å². The van der Waals surface area contributed by atoms with E-state index in [1.807, 2.05) is 30.3 Å². The topological polar surface area (TPSA) is 105 Å². The van der Waals surface area contributed by atoms with E-state index in [0.717, 1.165) is 5.56 Å². The van der Waals surface area contributed by atoms with Gasteiger partial charge in [0.2, 0.25) is 5.89 Å². The quantitative estimate of drug-likeness (QED) is 0.364. The van der Waals surface area contributed by atoms with E-state index >= 15 is 0 Å². The van der Waals surface area contributed by atoms with Crippen LogP contribution < -0.4 is 4.74 Å². The van der Waals surface area contributed by atoms with E-state index in [-0.39, 0.29) is 24.8 Å². The Morgan fingerprint density at radius 2 is 1.85 bits per heavy atom. The molecule has 0 fully saturated rings. The second-order valence-electron chi connectivity index (χ2n) is 5.18. The number of nitro groups is 1. The molecule has 8 nitrogen and oxygen atoms in total. The Morgan fingerprint density at radius 3 is 2.54 bits per heavy atom. The zero-order valence-corrected chi connectivity index (χ0v) is 13.5. The molecule has 1 aromatic heterocycles. The third-order valence-corrected chi connectivity index (χ3v) is 3.37. The fourth-order valence-corrected chi connectivity index (χ4v) is 2.10. The Balaban J connectivity index is 1.47. The molecule has 0 unspecified atom stereocenters. The van der Waals surface area contributed by atoms with Crippen LogP contribution in [0.1, 0.15) is 5.89 Å². The summed E-state index contributed by atoms with van der Waals surface area (Å²) in [6, 6.07) is 14.8. The van der Waals surface area contributed by atoms with Crippen LogP contribution in [0.4, 0.5) is 5.69 Å². The van der Waals surface area contributed by atoms with Crippen molar-refractivity contribution in [3.8, 4) is 17.1 Å². The molecule has 1 heterocycles. The predicted octanol–water partition coefficient (Wildman–Crippen LogP) is 3.37. The van der Waals surface area contributed by atoms with Crippen molar-refractivity contribution < 1.29 is 23.6 Å². The number of ether oxygens (including phenoxy) is 2. The summed E-state index contributed by atoms with van der Waals surface area (Å²) in [7, 11) is 0. The number of oxazole rings is 1. The normalized spacial score (nSPS) is 10.3. The molecule has 8 heteroatoms. The molecule has 3 rings (SSSR count). The van der Waals surface area contributed by atoms with E-state index in [0.29, 0.717) is 11.5 Å². The minimum absolute atomic E-state index is 0.0574. The summed E-state index contributed by atoms with van der Waals surface area (Å²) >= 11 is 0. The lowest BCUT2D eigenvalue weighted by Crippen LogP contribution is -2.14. The van der Waals surface area contributed by atoms with Crippen LogP contribution in [0.5, 0.6) is 5.75 Å². The molecule has 0 spiro atoms. The smallest absolute Gasteiger partial charge is 0.344 e. The van der Waals surface area contributed by atoms with Gasteiger partial charge in [-0.15, -0.1) is 0 Å². The van der Waals surface area contributed by atoms with Crippen molar-refractivity contribution in [2.75, 3.05) is 6.61 Å². The number of non-ortho nitro benzene ring substituents is 1. The average molecular weight is 354 g/mol. The maximum atomic E-state index is 11.7. The van der Waals surface area contributed by atoms with E-state index in [1.165, 1.54) is 24.3 Å². The Kier molecular flexibility index (Phi) is 5.23. The van der Waals surface area contributed by atoms with E-state index in [2.05, 4.69) is 4.98 Å². The molecule has 0 amide bonds. The molecule has 3 aromatic rings. The number of esters is 1. The SMILES string of the molecule is O=C(COc1ccc([N+](=O)[O-])cc1)OCc1ncc(-c2ccccc2)o1. The molecule has 0 aliphatic rings. The second kappa shape index (κ2) is 7.93. The maximum Gasteiger partial charge on any atom is 0.344 e. The number of carbonyl (C=O) groups excluding carboxylic acids is 1.